The summed E-state index contributed by atoms with van der Waals surface area (Å²) in [5, 5.41) is 294. The number of aliphatic hydroxyl groups excluding tert-OH is 27. The molecule has 107 heavy (non-hydrogen) atoms. The third-order valence-corrected chi connectivity index (χ3v) is 20.7. The van der Waals surface area contributed by atoms with Gasteiger partial charge < -0.3 is 228 Å². The van der Waals surface area contributed by atoms with Crippen LogP contribution in [0.25, 0.3) is 0 Å². The van der Waals surface area contributed by atoms with Gasteiger partial charge in [-0.25, -0.2) is 0 Å². The molecule has 46 heteroatoms. The van der Waals surface area contributed by atoms with Crippen molar-refractivity contribution < 1.29 is 228 Å². The lowest BCUT2D eigenvalue weighted by atomic mass is 9.96. The quantitative estimate of drug-likeness (QED) is 0.0363. The standard InChI is InChI=1S/C61H104O46/c1-3-16-29(68)15(66)5-28(94-16)104-50-20(8-63)100-60(48(87)41(50)80)107-53-35(74)26(14-92-55-43(82)38(77)33(72)24(101-55)12-91-57-47(86)39(78)51(21(9-64)99-57)105-58-44(83)36(75)31(70)17(4-2)95-58)103-61(49(53)88)102-25-13-90-54(42(81)34(25)73)96-18-6-27(67)93-23(30(18)69)11-89-56-46(85)40(79)52(22(10-65)98-56)106-59-45(84)37(76)32(71)19(7-62)97-59/h15-88H,3-14H2,1-2H3/t15-,16?,17+,18+,19-,20-,21+,22-,23+,24-,25?,26-,27-,28+,29+,30-,31?,32-,33-,34+,35-,36-,37+,38+,39+,40-,41-,42-,43-,44+,45-,46-,47+,48-,49-,50?,51+,52-,53?,54-,55-,56?,57-,58?,59?,60-,61+/m1/s1. The zero-order chi connectivity index (χ0) is 78.1. The highest BCUT2D eigenvalue weighted by Crippen LogP contribution is 2.39. The van der Waals surface area contributed by atoms with Crippen molar-refractivity contribution in [1.29, 1.82) is 0 Å². The van der Waals surface area contributed by atoms with Crippen LogP contribution in [0.5, 0.6) is 0 Å². The molecule has 0 spiro atoms. The highest BCUT2D eigenvalue weighted by atomic mass is 16.8. The van der Waals surface area contributed by atoms with Crippen LogP contribution in [-0.4, -0.2) is 479 Å². The molecule has 0 bridgehead atoms. The van der Waals surface area contributed by atoms with E-state index >= 15 is 0 Å². The van der Waals surface area contributed by atoms with Gasteiger partial charge in [-0.15, -0.1) is 0 Å². The Labute approximate surface area is 607 Å². The molecule has 10 aliphatic rings. The van der Waals surface area contributed by atoms with Gasteiger partial charge in [-0.2, -0.15) is 0 Å². The van der Waals surface area contributed by atoms with E-state index in [0.29, 0.717) is 0 Å². The Kier molecular flexibility index (Phi) is 31.3. The summed E-state index contributed by atoms with van der Waals surface area (Å²) in [5.74, 6) is 0. The first kappa shape index (κ1) is 87.5. The largest absolute Gasteiger partial charge is 0.394 e. The molecule has 0 radical (unpaired) electrons. The molecule has 8 unspecified atom stereocenters. The number of aliphatic hydroxyl groups is 27. The van der Waals surface area contributed by atoms with Crippen molar-refractivity contribution >= 4 is 0 Å². The first-order chi connectivity index (χ1) is 50.8. The Hall–Kier alpha value is -1.84. The van der Waals surface area contributed by atoms with E-state index in [-0.39, 0.29) is 19.3 Å². The molecule has 27 N–H and O–H groups in total. The minimum Gasteiger partial charge on any atom is -0.394 e. The van der Waals surface area contributed by atoms with Gasteiger partial charge in [0, 0.05) is 12.8 Å². The van der Waals surface area contributed by atoms with E-state index in [4.69, 9.17) is 90.0 Å². The van der Waals surface area contributed by atoms with Crippen molar-refractivity contribution in [1.82, 2.24) is 0 Å². The summed E-state index contributed by atoms with van der Waals surface area (Å²) in [4.78, 5) is 0. The molecule has 0 amide bonds. The van der Waals surface area contributed by atoms with Crippen LogP contribution in [-0.2, 0) is 90.0 Å². The van der Waals surface area contributed by atoms with Crippen molar-refractivity contribution in [2.24, 2.45) is 0 Å². The van der Waals surface area contributed by atoms with Gasteiger partial charge in [0.1, 0.15) is 201 Å². The van der Waals surface area contributed by atoms with Crippen molar-refractivity contribution in [3.05, 3.63) is 0 Å². The number of ether oxygens (including phenoxy) is 19. The number of rotatable bonds is 27. The Balaban J connectivity index is 0.789. The van der Waals surface area contributed by atoms with Crippen LogP contribution in [0.15, 0.2) is 0 Å². The molecule has 0 aromatic rings. The molecule has 0 aromatic heterocycles. The summed E-state index contributed by atoms with van der Waals surface area (Å²) < 4.78 is 109. The van der Waals surface area contributed by atoms with Gasteiger partial charge in [-0.3, -0.25) is 0 Å². The monoisotopic (exact) mass is 1570 g/mol. The molecule has 0 aromatic carbocycles. The summed E-state index contributed by atoms with van der Waals surface area (Å²) in [5.41, 5.74) is 0. The second kappa shape index (κ2) is 38.3. The summed E-state index contributed by atoms with van der Waals surface area (Å²) in [6.07, 6.45) is -85.7. The fourth-order valence-electron chi connectivity index (χ4n) is 14.2. The molecule has 624 valence electrons. The van der Waals surface area contributed by atoms with Crippen LogP contribution in [0, 0.1) is 0 Å². The Morgan fingerprint density at radius 3 is 1.09 bits per heavy atom. The first-order valence-corrected chi connectivity index (χ1v) is 35.2. The maximum atomic E-state index is 12.0. The maximum Gasteiger partial charge on any atom is 0.187 e. The lowest BCUT2D eigenvalue weighted by Crippen LogP contribution is -2.67. The molecule has 0 aliphatic carbocycles. The second-order valence-corrected chi connectivity index (χ2v) is 27.9. The van der Waals surface area contributed by atoms with Gasteiger partial charge in [-0.05, 0) is 12.8 Å². The fourth-order valence-corrected chi connectivity index (χ4v) is 14.2. The molecular formula is C61H104O46. The van der Waals surface area contributed by atoms with E-state index in [1.807, 2.05) is 0 Å². The van der Waals surface area contributed by atoms with E-state index in [2.05, 4.69) is 0 Å². The molecule has 10 saturated heterocycles. The summed E-state index contributed by atoms with van der Waals surface area (Å²) >= 11 is 0. The lowest BCUT2D eigenvalue weighted by molar-refractivity contribution is -0.387. The third kappa shape index (κ3) is 19.2. The van der Waals surface area contributed by atoms with E-state index in [1.54, 1.807) is 13.8 Å². The normalized spacial score (nSPS) is 53.2. The van der Waals surface area contributed by atoms with Crippen LogP contribution in [0.2, 0.25) is 0 Å². The number of hydrogen-bond acceptors (Lipinski definition) is 46. The van der Waals surface area contributed by atoms with Crippen molar-refractivity contribution in [2.45, 2.75) is 328 Å². The molecule has 10 rings (SSSR count). The van der Waals surface area contributed by atoms with Gasteiger partial charge in [-0.1, -0.05) is 13.8 Å². The van der Waals surface area contributed by atoms with Crippen LogP contribution in [0.3, 0.4) is 0 Å². The predicted octanol–water partition coefficient (Wildman–Crippen LogP) is -17.3. The molecule has 47 atom stereocenters. The van der Waals surface area contributed by atoms with Gasteiger partial charge in [0.2, 0.25) is 0 Å². The minimum absolute atomic E-state index is 0.139. The highest BCUT2D eigenvalue weighted by Gasteiger charge is 2.58. The Morgan fingerprint density at radius 2 is 0.598 bits per heavy atom. The molecular weight excluding hydrogens is 1470 g/mol. The zero-order valence-corrected chi connectivity index (χ0v) is 57.5. The van der Waals surface area contributed by atoms with E-state index in [9.17, 15) is 138 Å². The average molecular weight is 1570 g/mol. The topological polar surface area (TPSA) is 722 Å². The summed E-state index contributed by atoms with van der Waals surface area (Å²) in [6, 6.07) is 0. The summed E-state index contributed by atoms with van der Waals surface area (Å²) in [7, 11) is 0. The van der Waals surface area contributed by atoms with Gasteiger partial charge in [0.05, 0.1) is 77.3 Å². The first-order valence-electron chi connectivity index (χ1n) is 35.2. The van der Waals surface area contributed by atoms with Crippen LogP contribution in [0.4, 0.5) is 0 Å². The van der Waals surface area contributed by atoms with Crippen LogP contribution < -0.4 is 0 Å². The second-order valence-electron chi connectivity index (χ2n) is 27.9. The molecule has 10 fully saturated rings. The molecule has 0 saturated carbocycles. The smallest absolute Gasteiger partial charge is 0.187 e. The minimum atomic E-state index is -2.29. The van der Waals surface area contributed by atoms with E-state index in [1.165, 1.54) is 0 Å². The lowest BCUT2D eigenvalue weighted by Gasteiger charge is -2.49. The van der Waals surface area contributed by atoms with E-state index < -0.39 is 348 Å². The highest BCUT2D eigenvalue weighted by molar-refractivity contribution is 5.01. The molecule has 10 aliphatic heterocycles. The predicted molar refractivity (Wildman–Crippen MR) is 327 cm³/mol. The summed E-state index contributed by atoms with van der Waals surface area (Å²) in [6.45, 7) is -3.86. The maximum absolute atomic E-state index is 12.0. The fraction of sp³-hybridized carbons (Fsp3) is 1.00. The number of hydrogen-bond donors (Lipinski definition) is 27. The van der Waals surface area contributed by atoms with Crippen molar-refractivity contribution in [2.75, 3.05) is 52.9 Å². The SMILES string of the molecule is CCC1O[C@@H](OC2[C@@H](CO)O[C@H](OC3[C@@H](O)[C@@H](OC4CO[C@H](O[C@H]5C[C@H](O)O[C@@H](COC6O[C@H](CO)[C@@H](OC7O[C@H](CO)[C@@H](O)[C@H](O)[C@H]7O)[C@H](O)[C@H]6O)[C@@H]5O)[C@H](O)[C@H]4O)O[C@H](CO[C@@H]4O[C@H](CO[C@@H]5O[C@@H](CO)[C@H](OC6O[C@@H](CC)C(O)[C@@H](O)[C@@H]6O)[C@@H](O)[C@@H]5O)[C@@H](O)[C@H](O)[C@H]4O)[C@H]3O)[C@H](O)[C@H]2O)C[C@@H](O)[C@@H]1O. The molecule has 46 nitrogen and oxygen atoms in total. The van der Waals surface area contributed by atoms with E-state index in [0.717, 1.165) is 0 Å². The van der Waals surface area contributed by atoms with Gasteiger partial charge >= 0.3 is 0 Å². The van der Waals surface area contributed by atoms with Crippen LogP contribution in [0.1, 0.15) is 39.5 Å². The van der Waals surface area contributed by atoms with Gasteiger partial charge in [0.15, 0.2) is 62.9 Å². The van der Waals surface area contributed by atoms with Crippen molar-refractivity contribution in [3.63, 3.8) is 0 Å². The zero-order valence-electron chi connectivity index (χ0n) is 57.5. The van der Waals surface area contributed by atoms with Crippen molar-refractivity contribution in [3.8, 4) is 0 Å². The average Bonchev–Trinajstić information content (AvgIpc) is 0.771. The Bertz CT molecular complexity index is 2650. The third-order valence-electron chi connectivity index (χ3n) is 20.7. The van der Waals surface area contributed by atoms with Gasteiger partial charge in [0.25, 0.3) is 0 Å². The van der Waals surface area contributed by atoms with Crippen LogP contribution >= 0.6 is 0 Å². The Morgan fingerprint density at radius 1 is 0.252 bits per heavy atom. The molecule has 10 heterocycles.